The second-order valence-electron chi connectivity index (χ2n) is 10.1. The maximum Gasteiger partial charge on any atom is 0.422 e. The minimum absolute atomic E-state index is 0.0661. The number of aromatic nitrogens is 2. The molecule has 210 valence electrons. The molecular formula is C24H25F5N6O3S. The zero-order chi connectivity index (χ0) is 28.8. The molecule has 4 rings (SSSR count). The molecule has 1 aliphatic heterocycles. The van der Waals surface area contributed by atoms with Gasteiger partial charge in [0.15, 0.2) is 11.8 Å². The number of thioether (sulfide) groups is 1. The molecular weight excluding hydrogens is 547 g/mol. The zero-order valence-corrected chi connectivity index (χ0v) is 21.8. The molecule has 0 saturated heterocycles. The number of ether oxygens (including phenoxy) is 1. The molecule has 0 bridgehead atoms. The van der Waals surface area contributed by atoms with Gasteiger partial charge in [0.05, 0.1) is 23.5 Å². The average Bonchev–Trinajstić information content (AvgIpc) is 3.60. The number of nitrogens with zero attached hydrogens (tertiary/aromatic N) is 3. The van der Waals surface area contributed by atoms with E-state index in [1.165, 1.54) is 12.1 Å². The number of benzene rings is 1. The van der Waals surface area contributed by atoms with Crippen LogP contribution in [0.2, 0.25) is 0 Å². The summed E-state index contributed by atoms with van der Waals surface area (Å²) in [7, 11) is 0. The largest absolute Gasteiger partial charge is 0.467 e. The molecule has 1 aliphatic carbocycles. The van der Waals surface area contributed by atoms with Crippen LogP contribution in [-0.4, -0.2) is 56.7 Å². The zero-order valence-electron chi connectivity index (χ0n) is 21.0. The number of carbonyl (C=O) groups excluding carboxylic acids is 2. The Bertz CT molecular complexity index is 1320. The van der Waals surface area contributed by atoms with Crippen molar-refractivity contribution in [1.82, 2.24) is 15.3 Å². The molecule has 15 heteroatoms. The maximum atomic E-state index is 15.1. The van der Waals surface area contributed by atoms with Crippen molar-refractivity contribution in [3.05, 3.63) is 47.7 Å². The van der Waals surface area contributed by atoms with Gasteiger partial charge in [0.1, 0.15) is 22.9 Å². The van der Waals surface area contributed by atoms with Crippen LogP contribution in [0.5, 0.6) is 5.88 Å². The van der Waals surface area contributed by atoms with Crippen molar-refractivity contribution in [3.8, 4) is 5.88 Å². The summed E-state index contributed by atoms with van der Waals surface area (Å²) in [4.78, 5) is 37.7. The standard InChI is InChI=1S/C24H25F5N6O3S/c1-21(2,10-25)34-19(37)23-7-16(23)22(3,35-20(30)39-23)13-6-12(4-5-14(13)26)33-18(36)15-8-32-17(9-31-15)38-11-24(27,28)29/h4-6,8-9,16H,7,10-11H2,1-3H3,(H2,30,35)(H,33,36)(H,34,37)/t16-,22+,23-/m0/s1. The van der Waals surface area contributed by atoms with Gasteiger partial charge >= 0.3 is 6.18 Å². The summed E-state index contributed by atoms with van der Waals surface area (Å²) in [6.07, 6.45) is -2.43. The van der Waals surface area contributed by atoms with Crippen LogP contribution in [0.15, 0.2) is 35.6 Å². The number of rotatable bonds is 8. The summed E-state index contributed by atoms with van der Waals surface area (Å²) in [5.74, 6) is -2.71. The predicted octanol–water partition coefficient (Wildman–Crippen LogP) is 3.71. The van der Waals surface area contributed by atoms with Gasteiger partial charge in [-0.15, -0.1) is 0 Å². The highest BCUT2D eigenvalue weighted by Gasteiger charge is 2.71. The van der Waals surface area contributed by atoms with Crippen molar-refractivity contribution in [2.75, 3.05) is 18.6 Å². The Balaban J connectivity index is 1.54. The monoisotopic (exact) mass is 572 g/mol. The quantitative estimate of drug-likeness (QED) is 0.411. The van der Waals surface area contributed by atoms with Crippen LogP contribution >= 0.6 is 11.8 Å². The highest BCUT2D eigenvalue weighted by Crippen LogP contribution is 2.66. The molecule has 0 spiro atoms. The summed E-state index contributed by atoms with van der Waals surface area (Å²) in [6, 6.07) is 3.79. The number of carbonyl (C=O) groups is 2. The van der Waals surface area contributed by atoms with Gasteiger partial charge in [0, 0.05) is 17.2 Å². The van der Waals surface area contributed by atoms with Crippen molar-refractivity contribution < 1.29 is 36.3 Å². The van der Waals surface area contributed by atoms with Crippen LogP contribution in [0.25, 0.3) is 0 Å². The van der Waals surface area contributed by atoms with Gasteiger partial charge in [-0.3, -0.25) is 14.6 Å². The first-order valence-corrected chi connectivity index (χ1v) is 12.5. The molecule has 1 aromatic carbocycles. The van der Waals surface area contributed by atoms with E-state index in [1.54, 1.807) is 20.8 Å². The highest BCUT2D eigenvalue weighted by molar-refractivity contribution is 8.15. The SMILES string of the molecule is CC(C)(CF)NC(=O)[C@]12C[C@H]1[C@@](C)(c1cc(NC(=O)c3cnc(OCC(F)(F)F)cn3)ccc1F)N=C(N)S2. The molecule has 2 amide bonds. The number of nitrogens with two attached hydrogens (primary N) is 1. The Hall–Kier alpha value is -3.49. The normalized spacial score (nSPS) is 24.3. The summed E-state index contributed by atoms with van der Waals surface area (Å²) < 4.78 is 68.8. The van der Waals surface area contributed by atoms with E-state index in [2.05, 4.69) is 30.3 Å². The van der Waals surface area contributed by atoms with E-state index in [9.17, 15) is 27.2 Å². The number of hydrogen-bond acceptors (Lipinski definition) is 8. The van der Waals surface area contributed by atoms with E-state index < -0.39 is 64.7 Å². The third-order valence-electron chi connectivity index (χ3n) is 6.40. The highest BCUT2D eigenvalue weighted by atomic mass is 32.2. The van der Waals surface area contributed by atoms with Crippen molar-refractivity contribution in [3.63, 3.8) is 0 Å². The fourth-order valence-electron chi connectivity index (χ4n) is 4.37. The number of hydrogen-bond donors (Lipinski definition) is 3. The van der Waals surface area contributed by atoms with Gasteiger partial charge in [0.2, 0.25) is 11.8 Å². The van der Waals surface area contributed by atoms with Gasteiger partial charge in [-0.2, -0.15) is 13.2 Å². The van der Waals surface area contributed by atoms with E-state index in [-0.39, 0.29) is 22.1 Å². The lowest BCUT2D eigenvalue weighted by Crippen LogP contribution is -2.52. The maximum absolute atomic E-state index is 15.1. The van der Waals surface area contributed by atoms with Crippen LogP contribution in [0.1, 0.15) is 43.2 Å². The molecule has 0 radical (unpaired) electrons. The fraction of sp³-hybridized carbons (Fsp3) is 0.458. The molecule has 39 heavy (non-hydrogen) atoms. The van der Waals surface area contributed by atoms with Crippen LogP contribution in [-0.2, 0) is 10.3 Å². The Morgan fingerprint density at radius 2 is 1.95 bits per heavy atom. The van der Waals surface area contributed by atoms with E-state index in [1.807, 2.05) is 0 Å². The van der Waals surface area contributed by atoms with Gasteiger partial charge in [-0.1, -0.05) is 11.8 Å². The minimum atomic E-state index is -4.56. The van der Waals surface area contributed by atoms with Gasteiger partial charge in [-0.25, -0.2) is 18.7 Å². The Kier molecular flexibility index (Phi) is 7.25. The smallest absolute Gasteiger partial charge is 0.422 e. The lowest BCUT2D eigenvalue weighted by molar-refractivity contribution is -0.154. The number of halogens is 5. The van der Waals surface area contributed by atoms with Gasteiger partial charge in [0.25, 0.3) is 5.91 Å². The Labute approximate surface area is 224 Å². The summed E-state index contributed by atoms with van der Waals surface area (Å²) in [5.41, 5.74) is 3.72. The van der Waals surface area contributed by atoms with Crippen molar-refractivity contribution in [1.29, 1.82) is 0 Å². The molecule has 4 N–H and O–H groups in total. The van der Waals surface area contributed by atoms with Crippen LogP contribution < -0.4 is 21.1 Å². The lowest BCUT2D eigenvalue weighted by Gasteiger charge is -2.35. The molecule has 1 aromatic heterocycles. The molecule has 2 heterocycles. The molecule has 1 saturated carbocycles. The number of nitrogens with one attached hydrogen (secondary N) is 2. The first-order chi connectivity index (χ1) is 18.1. The summed E-state index contributed by atoms with van der Waals surface area (Å²) in [6.45, 7) is 2.38. The average molecular weight is 573 g/mol. The Morgan fingerprint density at radius 1 is 1.23 bits per heavy atom. The minimum Gasteiger partial charge on any atom is -0.467 e. The number of fused-ring (bicyclic) bond motifs is 1. The van der Waals surface area contributed by atoms with E-state index in [0.717, 1.165) is 30.2 Å². The molecule has 3 atom stereocenters. The third kappa shape index (κ3) is 5.92. The van der Waals surface area contributed by atoms with Crippen LogP contribution in [0.3, 0.4) is 0 Å². The first kappa shape index (κ1) is 28.5. The number of amidine groups is 1. The Morgan fingerprint density at radius 3 is 2.56 bits per heavy atom. The second kappa shape index (κ2) is 9.92. The lowest BCUT2D eigenvalue weighted by atomic mass is 9.85. The van der Waals surface area contributed by atoms with Crippen LogP contribution in [0, 0.1) is 11.7 Å². The summed E-state index contributed by atoms with van der Waals surface area (Å²) in [5, 5.41) is 5.28. The molecule has 0 unspecified atom stereocenters. The third-order valence-corrected chi connectivity index (χ3v) is 7.70. The van der Waals surface area contributed by atoms with Crippen LogP contribution in [0.4, 0.5) is 27.6 Å². The number of aliphatic imine (C=N–C) groups is 1. The van der Waals surface area contributed by atoms with Gasteiger partial charge < -0.3 is 21.1 Å². The molecule has 9 nitrogen and oxygen atoms in total. The number of alkyl halides is 4. The van der Waals surface area contributed by atoms with Crippen molar-refractivity contribution in [2.45, 2.75) is 49.2 Å². The van der Waals surface area contributed by atoms with Crippen molar-refractivity contribution >= 4 is 34.4 Å². The van der Waals surface area contributed by atoms with Gasteiger partial charge in [-0.05, 0) is 45.4 Å². The van der Waals surface area contributed by atoms with E-state index in [4.69, 9.17) is 5.73 Å². The number of anilines is 1. The number of amides is 2. The predicted molar refractivity (Wildman–Crippen MR) is 134 cm³/mol. The summed E-state index contributed by atoms with van der Waals surface area (Å²) >= 11 is 1.06. The molecule has 2 aromatic rings. The molecule has 2 aliphatic rings. The topological polar surface area (TPSA) is 132 Å². The van der Waals surface area contributed by atoms with Crippen molar-refractivity contribution in [2.24, 2.45) is 16.6 Å². The van der Waals surface area contributed by atoms with E-state index >= 15 is 4.39 Å². The fourth-order valence-corrected chi connectivity index (χ4v) is 5.74. The first-order valence-electron chi connectivity index (χ1n) is 11.6. The molecule has 1 fully saturated rings. The van der Waals surface area contributed by atoms with E-state index in [0.29, 0.717) is 6.42 Å². The second-order valence-corrected chi connectivity index (χ2v) is 11.5.